The average molecular weight is 472 g/mol. The lowest BCUT2D eigenvalue weighted by molar-refractivity contribution is 0.0516. The summed E-state index contributed by atoms with van der Waals surface area (Å²) in [6, 6.07) is 6.44. The Kier molecular flexibility index (Phi) is 5.10. The van der Waals surface area contributed by atoms with Crippen molar-refractivity contribution in [3.8, 4) is 5.75 Å². The Morgan fingerprint density at radius 2 is 2.08 bits per heavy atom. The first-order valence-corrected chi connectivity index (χ1v) is 9.00. The van der Waals surface area contributed by atoms with E-state index >= 15 is 0 Å². The van der Waals surface area contributed by atoms with Crippen LogP contribution < -0.4 is 0 Å². The fourth-order valence-corrected chi connectivity index (χ4v) is 3.66. The van der Waals surface area contributed by atoms with Crippen LogP contribution in [0.15, 0.2) is 39.5 Å². The lowest BCUT2D eigenvalue weighted by Crippen LogP contribution is -2.08. The average Bonchev–Trinajstić information content (AvgIpc) is 2.83. The first kappa shape index (κ1) is 17.9. The topological polar surface area (TPSA) is 64.3 Å². The molecule has 0 amide bonds. The summed E-state index contributed by atoms with van der Waals surface area (Å²) >= 11 is 6.85. The van der Waals surface area contributed by atoms with Gasteiger partial charge in [0.1, 0.15) is 10.4 Å². The molecule has 1 aromatic carbocycles. The van der Waals surface area contributed by atoms with Crippen LogP contribution in [-0.2, 0) is 11.3 Å². The fourth-order valence-electron chi connectivity index (χ4n) is 2.54. The summed E-state index contributed by atoms with van der Waals surface area (Å²) in [5, 5.41) is 10.9. The standard InChI is InChI=1S/C17H13Br2FN2O3/c1-2-25-17(24)14-15(23)12-11(7-21-14)22(16(19)13(12)18)8-9-5-3-4-6-10(9)20/h3-7,23H,2,8H2,1H3. The van der Waals surface area contributed by atoms with Gasteiger partial charge in [-0.05, 0) is 44.8 Å². The minimum absolute atomic E-state index is 0.161. The lowest BCUT2D eigenvalue weighted by Gasteiger charge is -2.09. The summed E-state index contributed by atoms with van der Waals surface area (Å²) in [5.74, 6) is -1.31. The molecule has 130 valence electrons. The predicted molar refractivity (Wildman–Crippen MR) is 98.3 cm³/mol. The zero-order valence-electron chi connectivity index (χ0n) is 13.1. The van der Waals surface area contributed by atoms with Crippen molar-refractivity contribution in [2.24, 2.45) is 0 Å². The molecule has 0 saturated heterocycles. The molecule has 8 heteroatoms. The number of halogens is 3. The van der Waals surface area contributed by atoms with Crippen molar-refractivity contribution in [3.63, 3.8) is 0 Å². The highest BCUT2D eigenvalue weighted by molar-refractivity contribution is 9.13. The highest BCUT2D eigenvalue weighted by atomic mass is 79.9. The molecule has 0 atom stereocenters. The maximum Gasteiger partial charge on any atom is 0.360 e. The van der Waals surface area contributed by atoms with Gasteiger partial charge in [-0.1, -0.05) is 18.2 Å². The number of fused-ring (bicyclic) bond motifs is 1. The first-order chi connectivity index (χ1) is 12.0. The molecular weight excluding hydrogens is 459 g/mol. The molecule has 25 heavy (non-hydrogen) atoms. The zero-order valence-corrected chi connectivity index (χ0v) is 16.3. The van der Waals surface area contributed by atoms with Crippen LogP contribution in [0.4, 0.5) is 4.39 Å². The van der Waals surface area contributed by atoms with Gasteiger partial charge < -0.3 is 14.4 Å². The Hall–Kier alpha value is -1.93. The fraction of sp³-hybridized carbons (Fsp3) is 0.176. The molecule has 0 spiro atoms. The Labute approximate surface area is 159 Å². The van der Waals surface area contributed by atoms with Crippen LogP contribution in [-0.4, -0.2) is 27.2 Å². The molecule has 0 aliphatic rings. The molecule has 0 aliphatic heterocycles. The van der Waals surface area contributed by atoms with Crippen molar-refractivity contribution in [1.29, 1.82) is 0 Å². The van der Waals surface area contributed by atoms with E-state index in [0.29, 0.717) is 25.5 Å². The maximum atomic E-state index is 14.0. The number of aromatic hydroxyl groups is 1. The largest absolute Gasteiger partial charge is 0.505 e. The number of rotatable bonds is 4. The van der Waals surface area contributed by atoms with E-state index in [9.17, 15) is 14.3 Å². The van der Waals surface area contributed by atoms with E-state index in [0.717, 1.165) is 0 Å². The third kappa shape index (κ3) is 3.16. The van der Waals surface area contributed by atoms with E-state index in [1.807, 2.05) is 0 Å². The zero-order chi connectivity index (χ0) is 18.1. The summed E-state index contributed by atoms with van der Waals surface area (Å²) in [4.78, 5) is 15.9. The van der Waals surface area contributed by atoms with Crippen LogP contribution in [0, 0.1) is 5.82 Å². The Morgan fingerprint density at radius 1 is 1.36 bits per heavy atom. The monoisotopic (exact) mass is 470 g/mol. The van der Waals surface area contributed by atoms with E-state index in [2.05, 4.69) is 36.8 Å². The van der Waals surface area contributed by atoms with E-state index in [4.69, 9.17) is 4.74 Å². The number of carbonyl (C=O) groups is 1. The highest BCUT2D eigenvalue weighted by Gasteiger charge is 2.23. The molecule has 0 fully saturated rings. The SMILES string of the molecule is CCOC(=O)c1ncc2c(c1O)c(Br)c(Br)n2Cc1ccccc1F. The molecule has 0 bridgehead atoms. The number of aromatic nitrogens is 2. The molecule has 1 N–H and O–H groups in total. The molecule has 2 heterocycles. The summed E-state index contributed by atoms with van der Waals surface area (Å²) in [6.07, 6.45) is 1.46. The minimum atomic E-state index is -0.702. The molecule has 5 nitrogen and oxygen atoms in total. The summed E-state index contributed by atoms with van der Waals surface area (Å²) in [6.45, 7) is 2.08. The Morgan fingerprint density at radius 3 is 2.76 bits per heavy atom. The van der Waals surface area contributed by atoms with Crippen molar-refractivity contribution in [3.05, 3.63) is 56.6 Å². The molecular formula is C17H13Br2FN2O3. The Bertz CT molecular complexity index is 972. The van der Waals surface area contributed by atoms with E-state index < -0.39 is 5.97 Å². The van der Waals surface area contributed by atoms with Crippen LogP contribution >= 0.6 is 31.9 Å². The van der Waals surface area contributed by atoms with Gasteiger partial charge in [-0.3, -0.25) is 0 Å². The van der Waals surface area contributed by atoms with E-state index in [1.54, 1.807) is 29.7 Å². The molecule has 2 aromatic heterocycles. The summed E-state index contributed by atoms with van der Waals surface area (Å²) in [5.41, 5.74) is 0.875. The van der Waals surface area contributed by atoms with Crippen molar-refractivity contribution >= 4 is 48.7 Å². The summed E-state index contributed by atoms with van der Waals surface area (Å²) < 4.78 is 21.8. The third-order valence-corrected chi connectivity index (χ3v) is 5.85. The molecule has 0 radical (unpaired) electrons. The van der Waals surface area contributed by atoms with Crippen LogP contribution in [0.2, 0.25) is 0 Å². The molecule has 3 rings (SSSR count). The number of nitrogens with zero attached hydrogens (tertiary/aromatic N) is 2. The molecule has 3 aromatic rings. The van der Waals surface area contributed by atoms with Gasteiger partial charge in [0.25, 0.3) is 0 Å². The van der Waals surface area contributed by atoms with Crippen LogP contribution in [0.5, 0.6) is 5.75 Å². The second-order valence-corrected chi connectivity index (χ2v) is 6.76. The van der Waals surface area contributed by atoms with Crippen LogP contribution in [0.1, 0.15) is 23.0 Å². The van der Waals surface area contributed by atoms with Gasteiger partial charge >= 0.3 is 5.97 Å². The number of hydrogen-bond donors (Lipinski definition) is 1. The van der Waals surface area contributed by atoms with Gasteiger partial charge in [-0.2, -0.15) is 0 Å². The number of carbonyl (C=O) groups excluding carboxylic acids is 1. The van der Waals surface area contributed by atoms with Gasteiger partial charge in [-0.15, -0.1) is 0 Å². The van der Waals surface area contributed by atoms with Gasteiger partial charge in [0.2, 0.25) is 0 Å². The lowest BCUT2D eigenvalue weighted by atomic mass is 10.2. The van der Waals surface area contributed by atoms with Crippen LogP contribution in [0.3, 0.4) is 0 Å². The van der Waals surface area contributed by atoms with Gasteiger partial charge in [0.15, 0.2) is 11.4 Å². The number of hydrogen-bond acceptors (Lipinski definition) is 4. The summed E-state index contributed by atoms with van der Waals surface area (Å²) in [7, 11) is 0. The van der Waals surface area contributed by atoms with Crippen molar-refractivity contribution in [2.75, 3.05) is 6.61 Å². The van der Waals surface area contributed by atoms with Gasteiger partial charge in [0.05, 0.1) is 34.7 Å². The second kappa shape index (κ2) is 7.13. The first-order valence-electron chi connectivity index (χ1n) is 7.41. The molecule has 0 aliphatic carbocycles. The number of ether oxygens (including phenoxy) is 1. The molecule has 0 unspecified atom stereocenters. The van der Waals surface area contributed by atoms with E-state index in [1.165, 1.54) is 12.3 Å². The smallest absolute Gasteiger partial charge is 0.360 e. The van der Waals surface area contributed by atoms with Crippen LogP contribution in [0.25, 0.3) is 10.9 Å². The normalized spacial score (nSPS) is 11.0. The minimum Gasteiger partial charge on any atom is -0.505 e. The molecule has 0 saturated carbocycles. The number of pyridine rings is 1. The highest BCUT2D eigenvalue weighted by Crippen LogP contribution is 2.41. The van der Waals surface area contributed by atoms with E-state index in [-0.39, 0.29) is 30.4 Å². The van der Waals surface area contributed by atoms with Crippen molar-refractivity contribution < 1.29 is 19.0 Å². The van der Waals surface area contributed by atoms with Crippen molar-refractivity contribution in [2.45, 2.75) is 13.5 Å². The Balaban J connectivity index is 2.16. The quantitative estimate of drug-likeness (QED) is 0.563. The van der Waals surface area contributed by atoms with Crippen molar-refractivity contribution in [1.82, 2.24) is 9.55 Å². The number of benzene rings is 1. The van der Waals surface area contributed by atoms with Gasteiger partial charge in [-0.25, -0.2) is 14.2 Å². The number of esters is 1. The predicted octanol–water partition coefficient (Wildman–Crippen LogP) is 4.63. The third-order valence-electron chi connectivity index (χ3n) is 3.72. The maximum absolute atomic E-state index is 14.0. The second-order valence-electron chi connectivity index (χ2n) is 5.22. The van der Waals surface area contributed by atoms with Gasteiger partial charge in [0, 0.05) is 5.56 Å².